The number of nitrogens with one attached hydrogen (secondary N) is 3. The molecule has 0 aliphatic carbocycles. The highest BCUT2D eigenvalue weighted by atomic mass is 32.2. The van der Waals surface area contributed by atoms with Crippen molar-refractivity contribution in [3.63, 3.8) is 0 Å². The number of sulfonamides is 1. The van der Waals surface area contributed by atoms with Crippen LogP contribution in [0.5, 0.6) is 0 Å². The minimum absolute atomic E-state index is 0.0251. The summed E-state index contributed by atoms with van der Waals surface area (Å²) in [5, 5.41) is 8.75. The maximum atomic E-state index is 12.1. The van der Waals surface area contributed by atoms with Crippen molar-refractivity contribution in [1.82, 2.24) is 25.6 Å². The van der Waals surface area contributed by atoms with Gasteiger partial charge in [-0.3, -0.25) is 25.2 Å². The lowest BCUT2D eigenvalue weighted by atomic mass is 10.1. The second-order valence-electron chi connectivity index (χ2n) is 6.98. The van der Waals surface area contributed by atoms with Crippen LogP contribution in [0.15, 0.2) is 53.7 Å². The number of benzene rings is 2. The number of anilines is 1. The third kappa shape index (κ3) is 6.31. The average Bonchev–Trinajstić information content (AvgIpc) is 3.10. The Morgan fingerprint density at radius 2 is 1.78 bits per heavy atom. The molecule has 2 aromatic carbocycles. The number of carbonyl (C=O) groups excluding carboxylic acids is 2. The highest BCUT2D eigenvalue weighted by Gasteiger charge is 2.14. The molecule has 0 radical (unpaired) electrons. The zero-order chi connectivity index (χ0) is 23.3. The van der Waals surface area contributed by atoms with Gasteiger partial charge in [-0.2, -0.15) is 0 Å². The molecule has 10 nitrogen and oxygen atoms in total. The Kier molecular flexibility index (Phi) is 7.15. The van der Waals surface area contributed by atoms with Crippen LogP contribution >= 0.6 is 11.8 Å². The molecule has 2 amide bonds. The van der Waals surface area contributed by atoms with Gasteiger partial charge in [-0.15, -0.1) is 10.2 Å². The number of nitrogens with zero attached hydrogens (tertiary/aromatic N) is 3. The summed E-state index contributed by atoms with van der Waals surface area (Å²) in [5.74, 6) is -0.206. The number of thioether (sulfide) groups is 1. The van der Waals surface area contributed by atoms with E-state index in [4.69, 9.17) is 0 Å². The van der Waals surface area contributed by atoms with Gasteiger partial charge in [-0.25, -0.2) is 8.42 Å². The van der Waals surface area contributed by atoms with Crippen LogP contribution in [0.4, 0.5) is 5.69 Å². The first-order valence-electron chi connectivity index (χ1n) is 9.38. The second-order valence-corrected chi connectivity index (χ2v) is 9.67. The molecule has 3 aromatic rings. The summed E-state index contributed by atoms with van der Waals surface area (Å²) in [5.41, 5.74) is 7.34. The molecule has 1 aromatic heterocycles. The molecule has 1 heterocycles. The topological polar surface area (TPSA) is 135 Å². The number of carbonyl (C=O) groups is 2. The number of hydrogen-bond donors (Lipinski definition) is 3. The van der Waals surface area contributed by atoms with E-state index in [9.17, 15) is 18.0 Å². The van der Waals surface area contributed by atoms with Crippen molar-refractivity contribution in [2.75, 3.05) is 16.7 Å². The van der Waals surface area contributed by atoms with Crippen molar-refractivity contribution in [2.24, 2.45) is 7.05 Å². The van der Waals surface area contributed by atoms with Crippen LogP contribution in [0.2, 0.25) is 0 Å². The first kappa shape index (κ1) is 23.3. The Hall–Kier alpha value is -3.38. The Balaban J connectivity index is 1.55. The van der Waals surface area contributed by atoms with Crippen LogP contribution in [0, 0.1) is 6.92 Å². The lowest BCUT2D eigenvalue weighted by molar-refractivity contribution is -0.119. The Labute approximate surface area is 189 Å². The molecule has 168 valence electrons. The molecule has 3 rings (SSSR count). The summed E-state index contributed by atoms with van der Waals surface area (Å²) in [6.07, 6.45) is 1.08. The predicted molar refractivity (Wildman–Crippen MR) is 122 cm³/mol. The fourth-order valence-electron chi connectivity index (χ4n) is 2.74. The van der Waals surface area contributed by atoms with Crippen LogP contribution in [-0.2, 0) is 21.9 Å². The van der Waals surface area contributed by atoms with Crippen molar-refractivity contribution < 1.29 is 18.0 Å². The van der Waals surface area contributed by atoms with Crippen molar-refractivity contribution in [3.05, 3.63) is 59.7 Å². The first-order valence-corrected chi connectivity index (χ1v) is 12.3. The predicted octanol–water partition coefficient (Wildman–Crippen LogP) is 1.72. The number of rotatable bonds is 7. The summed E-state index contributed by atoms with van der Waals surface area (Å²) < 4.78 is 26.7. The van der Waals surface area contributed by atoms with E-state index < -0.39 is 21.8 Å². The first-order chi connectivity index (χ1) is 15.1. The van der Waals surface area contributed by atoms with E-state index in [1.807, 2.05) is 13.0 Å². The van der Waals surface area contributed by atoms with Crippen molar-refractivity contribution in [3.8, 4) is 11.4 Å². The summed E-state index contributed by atoms with van der Waals surface area (Å²) in [4.78, 5) is 24.2. The number of hydrogen-bond acceptors (Lipinski definition) is 7. The standard InChI is InChI=1S/C20H22N6O4S2/c1-13-5-4-6-15(11-13)19(28)23-21-17(27)12-31-20-24-22-18(26(20)2)14-7-9-16(10-8-14)25-32(3,29)30/h4-11,25H,12H2,1-3H3,(H,21,27)(H,23,28). The third-order valence-corrected chi connectivity index (χ3v) is 5.84. The second kappa shape index (κ2) is 9.83. The van der Waals surface area contributed by atoms with Gasteiger partial charge in [0.1, 0.15) is 0 Å². The normalized spacial score (nSPS) is 11.1. The van der Waals surface area contributed by atoms with Crippen molar-refractivity contribution in [2.45, 2.75) is 12.1 Å². The molecule has 0 saturated heterocycles. The SMILES string of the molecule is Cc1cccc(C(=O)NNC(=O)CSc2nnc(-c3ccc(NS(C)(=O)=O)cc3)n2C)c1. The van der Waals surface area contributed by atoms with Gasteiger partial charge in [0.25, 0.3) is 5.91 Å². The Morgan fingerprint density at radius 1 is 1.06 bits per heavy atom. The summed E-state index contributed by atoms with van der Waals surface area (Å²) in [6.45, 7) is 1.88. The third-order valence-electron chi connectivity index (χ3n) is 4.21. The number of aromatic nitrogens is 3. The summed E-state index contributed by atoms with van der Waals surface area (Å²) in [7, 11) is -1.59. The molecule has 3 N–H and O–H groups in total. The maximum absolute atomic E-state index is 12.1. The lowest BCUT2D eigenvalue weighted by Crippen LogP contribution is -2.42. The van der Waals surface area contributed by atoms with E-state index in [0.29, 0.717) is 22.2 Å². The molecule has 0 aliphatic heterocycles. The largest absolute Gasteiger partial charge is 0.305 e. The van der Waals surface area contributed by atoms with Crippen LogP contribution in [0.25, 0.3) is 11.4 Å². The molecule has 0 fully saturated rings. The molecule has 0 atom stereocenters. The maximum Gasteiger partial charge on any atom is 0.269 e. The number of amides is 2. The van der Waals surface area contributed by atoms with Gasteiger partial charge in [0.2, 0.25) is 15.9 Å². The minimum atomic E-state index is -3.35. The van der Waals surface area contributed by atoms with Crippen LogP contribution in [0.3, 0.4) is 0 Å². The highest BCUT2D eigenvalue weighted by molar-refractivity contribution is 7.99. The molecule has 0 saturated carbocycles. The summed E-state index contributed by atoms with van der Waals surface area (Å²) in [6, 6.07) is 13.7. The molecular formula is C20H22N6O4S2. The van der Waals surface area contributed by atoms with Crippen molar-refractivity contribution in [1.29, 1.82) is 0 Å². The molecule has 0 unspecified atom stereocenters. The van der Waals surface area contributed by atoms with Gasteiger partial charge in [0.15, 0.2) is 11.0 Å². The Bertz CT molecular complexity index is 1240. The molecule has 0 aliphatic rings. The molecule has 0 bridgehead atoms. The average molecular weight is 475 g/mol. The van der Waals surface area contributed by atoms with E-state index in [-0.39, 0.29) is 5.75 Å². The molecule has 32 heavy (non-hydrogen) atoms. The van der Waals surface area contributed by atoms with Gasteiger partial charge in [0, 0.05) is 23.9 Å². The van der Waals surface area contributed by atoms with Crippen LogP contribution < -0.4 is 15.6 Å². The summed E-state index contributed by atoms with van der Waals surface area (Å²) >= 11 is 1.17. The van der Waals surface area contributed by atoms with Crippen LogP contribution in [0.1, 0.15) is 15.9 Å². The Morgan fingerprint density at radius 3 is 2.44 bits per heavy atom. The number of aryl methyl sites for hydroxylation is 1. The van der Waals surface area contributed by atoms with Crippen LogP contribution in [-0.4, -0.2) is 47.0 Å². The van der Waals surface area contributed by atoms with E-state index >= 15 is 0 Å². The minimum Gasteiger partial charge on any atom is -0.305 e. The quantitative estimate of drug-likeness (QED) is 0.350. The van der Waals surface area contributed by atoms with Gasteiger partial charge >= 0.3 is 0 Å². The highest BCUT2D eigenvalue weighted by Crippen LogP contribution is 2.24. The fourth-order valence-corrected chi connectivity index (χ4v) is 4.02. The zero-order valence-electron chi connectivity index (χ0n) is 17.6. The van der Waals surface area contributed by atoms with Gasteiger partial charge < -0.3 is 4.57 Å². The van der Waals surface area contributed by atoms with Gasteiger partial charge in [-0.05, 0) is 43.3 Å². The fraction of sp³-hybridized carbons (Fsp3) is 0.200. The van der Waals surface area contributed by atoms with Crippen molar-refractivity contribution >= 4 is 39.3 Å². The van der Waals surface area contributed by atoms with E-state index in [1.54, 1.807) is 54.1 Å². The molecule has 0 spiro atoms. The van der Waals surface area contributed by atoms with E-state index in [2.05, 4.69) is 25.8 Å². The monoisotopic (exact) mass is 474 g/mol. The van der Waals surface area contributed by atoms with Gasteiger partial charge in [-0.1, -0.05) is 29.5 Å². The molecule has 12 heteroatoms. The zero-order valence-corrected chi connectivity index (χ0v) is 19.3. The number of hydrazine groups is 1. The lowest BCUT2D eigenvalue weighted by Gasteiger charge is -2.08. The van der Waals surface area contributed by atoms with E-state index in [1.165, 1.54) is 11.8 Å². The van der Waals surface area contributed by atoms with Gasteiger partial charge in [0.05, 0.1) is 12.0 Å². The van der Waals surface area contributed by atoms with E-state index in [0.717, 1.165) is 17.4 Å². The molecular weight excluding hydrogens is 452 g/mol. The smallest absolute Gasteiger partial charge is 0.269 e.